The number of pyridine rings is 1. The predicted octanol–water partition coefficient (Wildman–Crippen LogP) is 4.30. The molecule has 0 spiro atoms. The maximum Gasteiger partial charge on any atom is 0.407 e. The van der Waals surface area contributed by atoms with Crippen molar-refractivity contribution < 1.29 is 23.5 Å². The zero-order valence-corrected chi connectivity index (χ0v) is 21.6. The fraction of sp³-hybridized carbons (Fsp3) is 0.500. The fourth-order valence-corrected chi connectivity index (χ4v) is 4.93. The van der Waals surface area contributed by atoms with Crippen LogP contribution in [0.3, 0.4) is 0 Å². The van der Waals surface area contributed by atoms with Crippen molar-refractivity contribution in [2.24, 2.45) is 5.92 Å². The Balaban J connectivity index is 1.22. The molecule has 2 fully saturated rings. The summed E-state index contributed by atoms with van der Waals surface area (Å²) in [5.41, 5.74) is 1.12. The molecule has 2 aliphatic rings. The van der Waals surface area contributed by atoms with Crippen LogP contribution in [0.4, 0.5) is 9.18 Å². The van der Waals surface area contributed by atoms with Gasteiger partial charge >= 0.3 is 6.09 Å². The topological polar surface area (TPSA) is 101 Å². The minimum atomic E-state index is -0.544. The number of hydrogen-bond donors (Lipinski definition) is 2. The first-order valence-corrected chi connectivity index (χ1v) is 12.9. The van der Waals surface area contributed by atoms with E-state index < -0.39 is 11.7 Å². The van der Waals surface area contributed by atoms with Gasteiger partial charge in [-0.3, -0.25) is 14.6 Å². The number of piperidine rings is 1. The lowest BCUT2D eigenvalue weighted by Crippen LogP contribution is -2.48. The van der Waals surface area contributed by atoms with Gasteiger partial charge in [-0.1, -0.05) is 12.1 Å². The van der Waals surface area contributed by atoms with Crippen LogP contribution >= 0.6 is 0 Å². The highest BCUT2D eigenvalue weighted by molar-refractivity contribution is 5.94. The molecule has 37 heavy (non-hydrogen) atoms. The molecule has 2 heterocycles. The van der Waals surface area contributed by atoms with Crippen molar-refractivity contribution in [1.29, 1.82) is 0 Å². The molecule has 3 amide bonds. The number of alkyl carbamates (subject to hydrolysis) is 1. The number of ether oxygens (including phenoxy) is 1. The molecule has 198 valence electrons. The van der Waals surface area contributed by atoms with Crippen LogP contribution in [0.1, 0.15) is 63.2 Å². The van der Waals surface area contributed by atoms with Gasteiger partial charge in [-0.2, -0.15) is 0 Å². The molecule has 1 saturated heterocycles. The van der Waals surface area contributed by atoms with Gasteiger partial charge in [0.1, 0.15) is 11.4 Å². The number of nitrogens with zero attached hydrogens (tertiary/aromatic N) is 2. The second-order valence-electron chi connectivity index (χ2n) is 10.9. The minimum Gasteiger partial charge on any atom is -0.444 e. The van der Waals surface area contributed by atoms with Gasteiger partial charge in [0.2, 0.25) is 5.91 Å². The minimum absolute atomic E-state index is 0.00423. The highest BCUT2D eigenvalue weighted by atomic mass is 19.1. The zero-order chi connectivity index (χ0) is 26.6. The highest BCUT2D eigenvalue weighted by Crippen LogP contribution is 2.29. The van der Waals surface area contributed by atoms with Gasteiger partial charge in [-0.25, -0.2) is 9.18 Å². The Bertz CT molecular complexity index is 1120. The Hall–Kier alpha value is -3.49. The largest absolute Gasteiger partial charge is 0.444 e. The Morgan fingerprint density at radius 1 is 1.00 bits per heavy atom. The van der Waals surface area contributed by atoms with Crippen LogP contribution in [0.5, 0.6) is 0 Å². The maximum absolute atomic E-state index is 13.5. The van der Waals surface area contributed by atoms with E-state index in [-0.39, 0.29) is 35.6 Å². The standard InChI is InChI=1S/C28H35FN4O4/c1-28(2,3)37-27(36)32-22-11-13-33(14-12-22)26(35)19-7-9-23(16-19)31-25(34)20-8-10-24(30-17-20)18-5-4-6-21(29)15-18/h4-6,8,10,15,17,19,22-23H,7,9,11-14,16H2,1-3H3,(H,31,34)(H,32,36)/t19-,23?/m0/s1. The summed E-state index contributed by atoms with van der Waals surface area (Å²) in [5.74, 6) is -0.568. The van der Waals surface area contributed by atoms with E-state index in [1.54, 1.807) is 24.3 Å². The van der Waals surface area contributed by atoms with Crippen LogP contribution in [0, 0.1) is 11.7 Å². The van der Waals surface area contributed by atoms with E-state index in [1.807, 2.05) is 25.7 Å². The van der Waals surface area contributed by atoms with Crippen LogP contribution in [-0.2, 0) is 9.53 Å². The van der Waals surface area contributed by atoms with Gasteiger partial charge in [0.25, 0.3) is 5.91 Å². The lowest BCUT2D eigenvalue weighted by atomic mass is 10.0. The first kappa shape index (κ1) is 26.6. The van der Waals surface area contributed by atoms with Crippen molar-refractivity contribution in [3.05, 3.63) is 54.0 Å². The molecular weight excluding hydrogens is 475 g/mol. The summed E-state index contributed by atoms with van der Waals surface area (Å²) in [6.07, 6.45) is 4.53. The van der Waals surface area contributed by atoms with Crippen LogP contribution in [0.2, 0.25) is 0 Å². The molecule has 1 aromatic carbocycles. The third-order valence-electron chi connectivity index (χ3n) is 6.79. The summed E-state index contributed by atoms with van der Waals surface area (Å²) in [4.78, 5) is 44.0. The van der Waals surface area contributed by atoms with E-state index in [4.69, 9.17) is 4.74 Å². The van der Waals surface area contributed by atoms with Gasteiger partial charge < -0.3 is 20.3 Å². The quantitative estimate of drug-likeness (QED) is 0.625. The molecule has 1 saturated carbocycles. The SMILES string of the molecule is CC(C)(C)OC(=O)NC1CCN(C(=O)[C@H]2CCC(NC(=O)c3ccc(-c4cccc(F)c4)nc3)C2)CC1. The summed E-state index contributed by atoms with van der Waals surface area (Å²) >= 11 is 0. The molecule has 1 aliphatic carbocycles. The lowest BCUT2D eigenvalue weighted by Gasteiger charge is -2.34. The number of nitrogens with one attached hydrogen (secondary N) is 2. The summed E-state index contributed by atoms with van der Waals surface area (Å²) in [6.45, 7) is 6.67. The number of carbonyl (C=O) groups is 3. The van der Waals surface area contributed by atoms with Gasteiger partial charge in [0.15, 0.2) is 0 Å². The molecule has 4 rings (SSSR count). The maximum atomic E-state index is 13.5. The van der Waals surface area contributed by atoms with E-state index in [0.29, 0.717) is 49.2 Å². The van der Waals surface area contributed by atoms with E-state index in [0.717, 1.165) is 12.8 Å². The second kappa shape index (κ2) is 11.3. The number of carbonyl (C=O) groups excluding carboxylic acids is 3. The van der Waals surface area contributed by atoms with Gasteiger partial charge in [0.05, 0.1) is 11.3 Å². The average Bonchev–Trinajstić information content (AvgIpc) is 3.31. The first-order valence-electron chi connectivity index (χ1n) is 12.9. The second-order valence-corrected chi connectivity index (χ2v) is 10.9. The van der Waals surface area contributed by atoms with E-state index in [9.17, 15) is 18.8 Å². The predicted molar refractivity (Wildman–Crippen MR) is 137 cm³/mol. The smallest absolute Gasteiger partial charge is 0.407 e. The fourth-order valence-electron chi connectivity index (χ4n) is 4.93. The molecular formula is C28H35FN4O4. The number of likely N-dealkylation sites (tertiary alicyclic amines) is 1. The summed E-state index contributed by atoms with van der Waals surface area (Å²) < 4.78 is 18.8. The van der Waals surface area contributed by atoms with Crippen molar-refractivity contribution in [2.75, 3.05) is 13.1 Å². The third kappa shape index (κ3) is 7.27. The molecule has 2 N–H and O–H groups in total. The summed E-state index contributed by atoms with van der Waals surface area (Å²) in [7, 11) is 0. The van der Waals surface area contributed by atoms with Crippen molar-refractivity contribution in [1.82, 2.24) is 20.5 Å². The highest BCUT2D eigenvalue weighted by Gasteiger charge is 2.35. The Labute approximate surface area is 217 Å². The molecule has 1 aliphatic heterocycles. The van der Waals surface area contributed by atoms with Crippen molar-refractivity contribution in [3.8, 4) is 11.3 Å². The zero-order valence-electron chi connectivity index (χ0n) is 21.6. The number of aromatic nitrogens is 1. The Morgan fingerprint density at radius 3 is 2.41 bits per heavy atom. The van der Waals surface area contributed by atoms with Crippen molar-refractivity contribution in [3.63, 3.8) is 0 Å². The third-order valence-corrected chi connectivity index (χ3v) is 6.79. The number of rotatable bonds is 5. The molecule has 1 unspecified atom stereocenters. The van der Waals surface area contributed by atoms with Crippen LogP contribution in [0.25, 0.3) is 11.3 Å². The van der Waals surface area contributed by atoms with Gasteiger partial charge in [-0.05, 0) is 77.1 Å². The Morgan fingerprint density at radius 2 is 1.76 bits per heavy atom. The summed E-state index contributed by atoms with van der Waals surface area (Å²) in [6, 6.07) is 9.46. The molecule has 8 nitrogen and oxygen atoms in total. The van der Waals surface area contributed by atoms with E-state index >= 15 is 0 Å². The number of benzene rings is 1. The van der Waals surface area contributed by atoms with Crippen molar-refractivity contribution >= 4 is 17.9 Å². The first-order chi connectivity index (χ1) is 17.6. The number of hydrogen-bond acceptors (Lipinski definition) is 5. The van der Waals surface area contributed by atoms with Crippen LogP contribution in [-0.4, -0.2) is 58.6 Å². The molecule has 2 aromatic rings. The van der Waals surface area contributed by atoms with Crippen molar-refractivity contribution in [2.45, 2.75) is 70.6 Å². The van der Waals surface area contributed by atoms with Crippen LogP contribution in [0.15, 0.2) is 42.6 Å². The molecule has 0 radical (unpaired) electrons. The molecule has 0 bridgehead atoms. The van der Waals surface area contributed by atoms with Gasteiger partial charge in [-0.15, -0.1) is 0 Å². The van der Waals surface area contributed by atoms with Gasteiger partial charge in [0, 0.05) is 42.9 Å². The normalized spacial score (nSPS) is 20.4. The van der Waals surface area contributed by atoms with E-state index in [1.165, 1.54) is 18.3 Å². The number of amides is 3. The number of halogens is 1. The molecule has 1 aromatic heterocycles. The van der Waals surface area contributed by atoms with Crippen LogP contribution < -0.4 is 10.6 Å². The molecule has 2 atom stereocenters. The lowest BCUT2D eigenvalue weighted by molar-refractivity contribution is -0.136. The molecule has 9 heteroatoms. The average molecular weight is 511 g/mol. The van der Waals surface area contributed by atoms with E-state index in [2.05, 4.69) is 15.6 Å². The Kier molecular flexibility index (Phi) is 8.10. The summed E-state index contributed by atoms with van der Waals surface area (Å²) in [5, 5.41) is 5.92. The monoisotopic (exact) mass is 510 g/mol.